The van der Waals surface area contributed by atoms with Crippen LogP contribution in [0.1, 0.15) is 11.7 Å². The fourth-order valence-electron chi connectivity index (χ4n) is 1.61. The molecule has 1 aliphatic rings. The summed E-state index contributed by atoms with van der Waals surface area (Å²) in [5, 5.41) is 8.95. The number of benzene rings is 1. The summed E-state index contributed by atoms with van der Waals surface area (Å²) in [5.41, 5.74) is 5.69. The molecule has 1 aliphatic heterocycles. The fraction of sp³-hybridized carbons (Fsp3) is 0.100. The monoisotopic (exact) mass is 268 g/mol. The molecule has 0 saturated heterocycles. The van der Waals surface area contributed by atoms with Gasteiger partial charge in [-0.25, -0.2) is 4.57 Å². The Balaban J connectivity index is 2.52. The van der Waals surface area contributed by atoms with E-state index >= 15 is 0 Å². The number of phosphoric acid groups is 1. The molecule has 0 radical (unpaired) electrons. The Kier molecular flexibility index (Phi) is 3.11. The second-order valence-electron chi connectivity index (χ2n) is 3.51. The first-order valence-electron chi connectivity index (χ1n) is 4.83. The molecule has 1 aromatic carbocycles. The lowest BCUT2D eigenvalue weighted by molar-refractivity contribution is 0.148. The van der Waals surface area contributed by atoms with E-state index < -0.39 is 13.9 Å². The van der Waals surface area contributed by atoms with Crippen LogP contribution in [-0.2, 0) is 9.09 Å². The van der Waals surface area contributed by atoms with Crippen LogP contribution >= 0.6 is 7.82 Å². The molecule has 0 saturated carbocycles. The zero-order valence-corrected chi connectivity index (χ0v) is 9.87. The van der Waals surface area contributed by atoms with Crippen molar-refractivity contribution in [1.29, 1.82) is 5.26 Å². The highest BCUT2D eigenvalue weighted by Gasteiger charge is 2.34. The molecule has 0 amide bonds. The summed E-state index contributed by atoms with van der Waals surface area (Å²) in [6.45, 7) is 0. The summed E-state index contributed by atoms with van der Waals surface area (Å²) in [6, 6.07) is 8.13. The van der Waals surface area contributed by atoms with Gasteiger partial charge >= 0.3 is 7.82 Å². The van der Waals surface area contributed by atoms with Crippen LogP contribution in [0, 0.1) is 11.3 Å². The van der Waals surface area contributed by atoms with Crippen LogP contribution in [0.2, 0.25) is 0 Å². The molecule has 0 aliphatic carbocycles. The van der Waals surface area contributed by atoms with Crippen LogP contribution in [0.5, 0.6) is 5.75 Å². The summed E-state index contributed by atoms with van der Waals surface area (Å²) in [7, 11) is -4.76. The zero-order chi connectivity index (χ0) is 13.3. The first kappa shape index (κ1) is 12.6. The van der Waals surface area contributed by atoms with Gasteiger partial charge in [-0.3, -0.25) is 4.52 Å². The van der Waals surface area contributed by atoms with Gasteiger partial charge in [-0.1, -0.05) is 18.2 Å². The van der Waals surface area contributed by atoms with E-state index in [1.165, 1.54) is 0 Å². The Morgan fingerprint density at radius 3 is 2.72 bits per heavy atom. The highest BCUT2D eigenvalue weighted by Crippen LogP contribution is 2.48. The number of ether oxygens (including phenoxy) is 1. The van der Waals surface area contributed by atoms with E-state index in [2.05, 4.69) is 4.52 Å². The third-order valence-electron chi connectivity index (χ3n) is 2.31. The molecule has 7 nitrogen and oxygen atoms in total. The number of rotatable bonds is 2. The van der Waals surface area contributed by atoms with E-state index in [0.717, 1.165) is 0 Å². The molecule has 18 heavy (non-hydrogen) atoms. The Labute approximate surface area is 102 Å². The molecular weight excluding hydrogens is 259 g/mol. The van der Waals surface area contributed by atoms with Gasteiger partial charge in [-0.15, -0.1) is 0 Å². The van der Waals surface area contributed by atoms with Crippen LogP contribution in [0.3, 0.4) is 0 Å². The normalized spacial score (nSPS) is 18.8. The highest BCUT2D eigenvalue weighted by atomic mass is 31.2. The van der Waals surface area contributed by atoms with Crippen LogP contribution in [0.4, 0.5) is 0 Å². The van der Waals surface area contributed by atoms with Gasteiger partial charge in [0.15, 0.2) is 0 Å². The largest absolute Gasteiger partial charge is 0.470 e. The summed E-state index contributed by atoms with van der Waals surface area (Å²) in [4.78, 5) is 17.7. The number of nitrogens with two attached hydrogens (primary N) is 1. The van der Waals surface area contributed by atoms with Crippen LogP contribution in [0.25, 0.3) is 0 Å². The Hall–Kier alpha value is -1.84. The first-order valence-corrected chi connectivity index (χ1v) is 6.36. The van der Waals surface area contributed by atoms with Gasteiger partial charge in [0.2, 0.25) is 5.88 Å². The molecule has 8 heteroatoms. The van der Waals surface area contributed by atoms with E-state index in [4.69, 9.17) is 25.5 Å². The Morgan fingerprint density at radius 1 is 1.44 bits per heavy atom. The molecular formula is C10H9N2O5P. The van der Waals surface area contributed by atoms with Crippen LogP contribution in [0.15, 0.2) is 35.7 Å². The maximum absolute atomic E-state index is 10.9. The molecule has 1 heterocycles. The van der Waals surface area contributed by atoms with Gasteiger partial charge in [0.25, 0.3) is 0 Å². The average Bonchev–Trinajstić information content (AvgIpc) is 2.27. The summed E-state index contributed by atoms with van der Waals surface area (Å²) >= 11 is 0. The molecule has 0 aromatic heterocycles. The van der Waals surface area contributed by atoms with E-state index in [1.807, 2.05) is 0 Å². The smallest absolute Gasteiger partial charge is 0.440 e. The minimum Gasteiger partial charge on any atom is -0.440 e. The maximum Gasteiger partial charge on any atom is 0.470 e. The van der Waals surface area contributed by atoms with Gasteiger partial charge < -0.3 is 20.3 Å². The number of para-hydroxylation sites is 1. The lowest BCUT2D eigenvalue weighted by atomic mass is 10.00. The van der Waals surface area contributed by atoms with Crippen molar-refractivity contribution in [2.75, 3.05) is 0 Å². The molecule has 94 valence electrons. The second kappa shape index (κ2) is 4.44. The molecule has 1 atom stereocenters. The molecule has 1 aromatic rings. The lowest BCUT2D eigenvalue weighted by Crippen LogP contribution is -2.21. The van der Waals surface area contributed by atoms with Gasteiger partial charge in [0.1, 0.15) is 23.5 Å². The minimum atomic E-state index is -4.76. The zero-order valence-electron chi connectivity index (χ0n) is 8.98. The maximum atomic E-state index is 10.9. The van der Waals surface area contributed by atoms with Crippen LogP contribution < -0.4 is 10.5 Å². The number of fused-ring (bicyclic) bond motifs is 1. The molecule has 2 rings (SSSR count). The highest BCUT2D eigenvalue weighted by molar-refractivity contribution is 7.46. The van der Waals surface area contributed by atoms with Crippen molar-refractivity contribution in [2.24, 2.45) is 5.73 Å². The van der Waals surface area contributed by atoms with E-state index in [0.29, 0.717) is 11.3 Å². The third kappa shape index (κ3) is 2.37. The van der Waals surface area contributed by atoms with Gasteiger partial charge in [0, 0.05) is 5.56 Å². The molecule has 0 spiro atoms. The van der Waals surface area contributed by atoms with Gasteiger partial charge in [-0.2, -0.15) is 5.26 Å². The molecule has 1 unspecified atom stereocenters. The summed E-state index contributed by atoms with van der Waals surface area (Å²) in [6.07, 6.45) is -1.24. The second-order valence-corrected chi connectivity index (χ2v) is 4.70. The van der Waals surface area contributed by atoms with E-state index in [-0.39, 0.29) is 11.5 Å². The Bertz CT molecular complexity index is 601. The third-order valence-corrected chi connectivity index (χ3v) is 2.80. The van der Waals surface area contributed by atoms with Crippen molar-refractivity contribution in [3.8, 4) is 11.8 Å². The standard InChI is InChI=1S/C10H9N2O5P/c11-5-7-9(17-18(13,14)15)6-3-1-2-4-8(6)16-10(7)12/h1-4,9H,12H2,(H2,13,14,15). The minimum absolute atomic E-state index is 0.169. The fourth-order valence-corrected chi connectivity index (χ4v) is 2.10. The molecule has 4 N–H and O–H groups in total. The van der Waals surface area contributed by atoms with Gasteiger partial charge in [0.05, 0.1) is 0 Å². The van der Waals surface area contributed by atoms with E-state index in [9.17, 15) is 4.57 Å². The lowest BCUT2D eigenvalue weighted by Gasteiger charge is -2.25. The molecule has 0 fully saturated rings. The summed E-state index contributed by atoms with van der Waals surface area (Å²) < 4.78 is 20.7. The Morgan fingerprint density at radius 2 is 2.11 bits per heavy atom. The number of hydrogen-bond acceptors (Lipinski definition) is 5. The predicted octanol–water partition coefficient (Wildman–Crippen LogP) is 0.923. The van der Waals surface area contributed by atoms with Crippen molar-refractivity contribution in [3.63, 3.8) is 0 Å². The number of phosphoric ester groups is 1. The topological polar surface area (TPSA) is 126 Å². The van der Waals surface area contributed by atoms with Crippen LogP contribution in [-0.4, -0.2) is 9.79 Å². The quantitative estimate of drug-likeness (QED) is 0.681. The number of nitrogens with zero attached hydrogens (tertiary/aromatic N) is 1. The van der Waals surface area contributed by atoms with Gasteiger partial charge in [-0.05, 0) is 6.07 Å². The van der Waals surface area contributed by atoms with Crippen molar-refractivity contribution in [1.82, 2.24) is 0 Å². The van der Waals surface area contributed by atoms with Crippen molar-refractivity contribution >= 4 is 7.82 Å². The first-order chi connectivity index (χ1) is 8.42. The predicted molar refractivity (Wildman–Crippen MR) is 59.8 cm³/mol. The number of nitriles is 1. The SMILES string of the molecule is N#CC1=C(N)Oc2ccccc2C1OP(=O)(O)O. The average molecular weight is 268 g/mol. The van der Waals surface area contributed by atoms with Crippen molar-refractivity contribution in [2.45, 2.75) is 6.10 Å². The summed E-state index contributed by atoms with van der Waals surface area (Å²) in [5.74, 6) is 0.0714. The van der Waals surface area contributed by atoms with E-state index in [1.54, 1.807) is 30.3 Å². The molecule has 0 bridgehead atoms. The van der Waals surface area contributed by atoms with Crippen molar-refractivity contribution in [3.05, 3.63) is 41.3 Å². The van der Waals surface area contributed by atoms with Crippen molar-refractivity contribution < 1.29 is 23.6 Å². The number of hydrogen-bond donors (Lipinski definition) is 3.